The van der Waals surface area contributed by atoms with Gasteiger partial charge >= 0.3 is 6.18 Å². The number of nitrogens with zero attached hydrogens (tertiary/aromatic N) is 1. The Morgan fingerprint density at radius 2 is 1.86 bits per heavy atom. The molecule has 76 valence electrons. The molecule has 0 radical (unpaired) electrons. The Morgan fingerprint density at radius 3 is 2.36 bits per heavy atom. The maximum absolute atomic E-state index is 12.0. The molecule has 0 saturated carbocycles. The van der Waals surface area contributed by atoms with Crippen molar-refractivity contribution >= 4 is 38.4 Å². The molecule has 0 aromatic heterocycles. The highest BCUT2D eigenvalue weighted by Crippen LogP contribution is 2.28. The topological polar surface area (TPSA) is 12.4 Å². The Morgan fingerprint density at radius 1 is 1.29 bits per heavy atom. The molecular formula is C8H4BrClF3N. The van der Waals surface area contributed by atoms with E-state index in [1.54, 1.807) is 18.2 Å². The Kier molecular flexibility index (Phi) is 3.55. The Balaban J connectivity index is 3.04. The van der Waals surface area contributed by atoms with E-state index < -0.39 is 11.3 Å². The number of rotatable bonds is 1. The molecular weight excluding hydrogens is 282 g/mol. The standard InChI is InChI=1S/C8H4BrClF3N/c9-5-3-1-2-4-6(5)14-7(10)8(11,12)13/h1-4H/b14-7+. The fraction of sp³-hybridized carbons (Fsp3) is 0.125. The summed E-state index contributed by atoms with van der Waals surface area (Å²) < 4.78 is 36.4. The summed E-state index contributed by atoms with van der Waals surface area (Å²) >= 11 is 8.03. The molecule has 0 unspecified atom stereocenters. The zero-order valence-electron chi connectivity index (χ0n) is 6.65. The summed E-state index contributed by atoms with van der Waals surface area (Å²) in [7, 11) is 0. The van der Waals surface area contributed by atoms with Crippen molar-refractivity contribution in [2.24, 2.45) is 4.99 Å². The lowest BCUT2D eigenvalue weighted by Crippen LogP contribution is -2.16. The van der Waals surface area contributed by atoms with Gasteiger partial charge in [-0.3, -0.25) is 0 Å². The van der Waals surface area contributed by atoms with E-state index in [4.69, 9.17) is 11.6 Å². The molecule has 0 aliphatic carbocycles. The molecule has 1 nitrogen and oxygen atoms in total. The quantitative estimate of drug-likeness (QED) is 0.683. The maximum atomic E-state index is 12.0. The van der Waals surface area contributed by atoms with Crippen molar-refractivity contribution in [2.75, 3.05) is 0 Å². The van der Waals surface area contributed by atoms with Gasteiger partial charge in [0, 0.05) is 4.47 Å². The first-order chi connectivity index (χ1) is 6.41. The molecule has 0 aliphatic rings. The molecule has 0 spiro atoms. The summed E-state index contributed by atoms with van der Waals surface area (Å²) in [4.78, 5) is 3.24. The molecule has 0 amide bonds. The van der Waals surface area contributed by atoms with Gasteiger partial charge < -0.3 is 0 Å². The molecule has 0 aliphatic heterocycles. The maximum Gasteiger partial charge on any atom is 0.444 e. The zero-order valence-corrected chi connectivity index (χ0v) is 8.99. The molecule has 0 N–H and O–H groups in total. The van der Waals surface area contributed by atoms with Crippen LogP contribution in [0.5, 0.6) is 0 Å². The SMILES string of the molecule is FC(F)(F)/C(Cl)=N\c1ccccc1Br. The van der Waals surface area contributed by atoms with Crippen LogP contribution in [0.4, 0.5) is 18.9 Å². The smallest absolute Gasteiger partial charge is 0.231 e. The lowest BCUT2D eigenvalue weighted by molar-refractivity contribution is -0.0558. The minimum absolute atomic E-state index is 0.148. The predicted molar refractivity (Wildman–Crippen MR) is 53.1 cm³/mol. The summed E-state index contributed by atoms with van der Waals surface area (Å²) in [6.45, 7) is 0. The number of aliphatic imine (C=N–C) groups is 1. The molecule has 0 heterocycles. The average Bonchev–Trinajstić information content (AvgIpc) is 2.07. The van der Waals surface area contributed by atoms with E-state index in [1.165, 1.54) is 6.07 Å². The van der Waals surface area contributed by atoms with E-state index in [-0.39, 0.29) is 5.69 Å². The first kappa shape index (κ1) is 11.5. The van der Waals surface area contributed by atoms with Crippen LogP contribution in [0.3, 0.4) is 0 Å². The van der Waals surface area contributed by atoms with Gasteiger partial charge in [-0.25, -0.2) is 4.99 Å². The van der Waals surface area contributed by atoms with Gasteiger partial charge in [0.15, 0.2) is 0 Å². The summed E-state index contributed by atoms with van der Waals surface area (Å²) in [5.41, 5.74) is 0.148. The largest absolute Gasteiger partial charge is 0.444 e. The number of benzene rings is 1. The van der Waals surface area contributed by atoms with Gasteiger partial charge in [-0.15, -0.1) is 0 Å². The highest BCUT2D eigenvalue weighted by molar-refractivity contribution is 9.10. The van der Waals surface area contributed by atoms with Gasteiger partial charge in [-0.2, -0.15) is 13.2 Å². The van der Waals surface area contributed by atoms with Crippen LogP contribution in [-0.4, -0.2) is 11.3 Å². The number of hydrogen-bond donors (Lipinski definition) is 0. The molecule has 1 aromatic rings. The highest BCUT2D eigenvalue weighted by Gasteiger charge is 2.34. The van der Waals surface area contributed by atoms with Crippen LogP contribution in [0.15, 0.2) is 33.7 Å². The van der Waals surface area contributed by atoms with Crippen LogP contribution in [-0.2, 0) is 0 Å². The van der Waals surface area contributed by atoms with Crippen molar-refractivity contribution < 1.29 is 13.2 Å². The van der Waals surface area contributed by atoms with Crippen molar-refractivity contribution in [2.45, 2.75) is 6.18 Å². The lowest BCUT2D eigenvalue weighted by Gasteiger charge is -2.03. The van der Waals surface area contributed by atoms with Crippen LogP contribution in [0.1, 0.15) is 0 Å². The second kappa shape index (κ2) is 4.31. The van der Waals surface area contributed by atoms with E-state index in [0.717, 1.165) is 0 Å². The third kappa shape index (κ3) is 2.99. The van der Waals surface area contributed by atoms with Crippen molar-refractivity contribution in [3.63, 3.8) is 0 Å². The number of halogens is 5. The zero-order chi connectivity index (χ0) is 10.8. The molecule has 0 bridgehead atoms. The van der Waals surface area contributed by atoms with Gasteiger partial charge in [0.2, 0.25) is 5.17 Å². The Labute approximate surface area is 91.7 Å². The van der Waals surface area contributed by atoms with Crippen LogP contribution < -0.4 is 0 Å². The number of para-hydroxylation sites is 1. The second-order valence-electron chi connectivity index (χ2n) is 2.35. The van der Waals surface area contributed by atoms with E-state index >= 15 is 0 Å². The lowest BCUT2D eigenvalue weighted by atomic mass is 10.3. The van der Waals surface area contributed by atoms with Gasteiger partial charge in [-0.05, 0) is 28.1 Å². The minimum Gasteiger partial charge on any atom is -0.231 e. The van der Waals surface area contributed by atoms with Crippen LogP contribution in [0.2, 0.25) is 0 Å². The van der Waals surface area contributed by atoms with Crippen LogP contribution in [0, 0.1) is 0 Å². The van der Waals surface area contributed by atoms with E-state index in [2.05, 4.69) is 20.9 Å². The molecule has 0 saturated heterocycles. The normalized spacial score (nSPS) is 13.1. The van der Waals surface area contributed by atoms with E-state index in [1.807, 2.05) is 0 Å². The fourth-order valence-corrected chi connectivity index (χ4v) is 1.18. The van der Waals surface area contributed by atoms with Gasteiger partial charge in [0.25, 0.3) is 0 Å². The summed E-state index contributed by atoms with van der Waals surface area (Å²) in [5, 5.41) is -1.38. The first-order valence-corrected chi connectivity index (χ1v) is 4.64. The van der Waals surface area contributed by atoms with Crippen LogP contribution in [0.25, 0.3) is 0 Å². The number of hydrogen-bond acceptors (Lipinski definition) is 1. The molecule has 0 atom stereocenters. The number of alkyl halides is 3. The summed E-state index contributed by atoms with van der Waals surface area (Å²) in [6.07, 6.45) is -4.60. The monoisotopic (exact) mass is 285 g/mol. The van der Waals surface area contributed by atoms with Gasteiger partial charge in [0.1, 0.15) is 0 Å². The Bertz CT molecular complexity index is 362. The Hall–Kier alpha value is -0.550. The van der Waals surface area contributed by atoms with Crippen molar-refractivity contribution in [3.05, 3.63) is 28.7 Å². The third-order valence-corrected chi connectivity index (χ3v) is 2.27. The second-order valence-corrected chi connectivity index (χ2v) is 3.56. The van der Waals surface area contributed by atoms with Crippen molar-refractivity contribution in [1.82, 2.24) is 0 Å². The molecule has 14 heavy (non-hydrogen) atoms. The average molecular weight is 286 g/mol. The highest BCUT2D eigenvalue weighted by atomic mass is 79.9. The molecule has 6 heteroatoms. The third-order valence-electron chi connectivity index (χ3n) is 1.30. The van der Waals surface area contributed by atoms with Crippen molar-refractivity contribution in [1.29, 1.82) is 0 Å². The van der Waals surface area contributed by atoms with E-state index in [9.17, 15) is 13.2 Å². The fourth-order valence-electron chi connectivity index (χ4n) is 0.712. The van der Waals surface area contributed by atoms with Crippen molar-refractivity contribution in [3.8, 4) is 0 Å². The predicted octanol–water partition coefficient (Wildman–Crippen LogP) is 4.28. The van der Waals surface area contributed by atoms with E-state index in [0.29, 0.717) is 4.47 Å². The first-order valence-electron chi connectivity index (χ1n) is 3.47. The minimum atomic E-state index is -4.60. The van der Waals surface area contributed by atoms with Crippen LogP contribution >= 0.6 is 27.5 Å². The molecule has 0 fully saturated rings. The summed E-state index contributed by atoms with van der Waals surface area (Å²) in [6, 6.07) is 6.26. The van der Waals surface area contributed by atoms with Gasteiger partial charge in [-0.1, -0.05) is 23.7 Å². The van der Waals surface area contributed by atoms with Gasteiger partial charge in [0.05, 0.1) is 5.69 Å². The summed E-state index contributed by atoms with van der Waals surface area (Å²) in [5.74, 6) is 0. The molecule has 1 rings (SSSR count). The molecule has 1 aromatic carbocycles.